The first kappa shape index (κ1) is 20.6. The summed E-state index contributed by atoms with van der Waals surface area (Å²) in [5.41, 5.74) is 6.53. The van der Waals surface area contributed by atoms with Crippen molar-refractivity contribution in [3.05, 3.63) is 59.2 Å². The van der Waals surface area contributed by atoms with Crippen molar-refractivity contribution in [3.63, 3.8) is 0 Å². The molecular formula is C27H34N2O2. The van der Waals surface area contributed by atoms with Gasteiger partial charge < -0.3 is 10.1 Å². The summed E-state index contributed by atoms with van der Waals surface area (Å²) < 4.78 is 5.88. The van der Waals surface area contributed by atoms with E-state index >= 15 is 0 Å². The van der Waals surface area contributed by atoms with Crippen molar-refractivity contribution in [2.24, 2.45) is 5.92 Å². The Hall–Kier alpha value is -2.33. The minimum Gasteiger partial charge on any atom is -0.445 e. The fourth-order valence-corrected chi connectivity index (χ4v) is 5.65. The van der Waals surface area contributed by atoms with Crippen LogP contribution in [0.4, 0.5) is 4.79 Å². The lowest BCUT2D eigenvalue weighted by molar-refractivity contribution is -0.0340. The molecule has 1 unspecified atom stereocenters. The highest BCUT2D eigenvalue weighted by Gasteiger charge is 2.37. The molecule has 1 aliphatic carbocycles. The van der Waals surface area contributed by atoms with Gasteiger partial charge in [0.25, 0.3) is 0 Å². The Morgan fingerprint density at radius 1 is 1.06 bits per heavy atom. The number of hydrogen-bond acceptors (Lipinski definition) is 3. The van der Waals surface area contributed by atoms with Crippen LogP contribution >= 0.6 is 0 Å². The molecule has 3 heterocycles. The maximum atomic E-state index is 12.7. The van der Waals surface area contributed by atoms with Gasteiger partial charge in [0.15, 0.2) is 0 Å². The van der Waals surface area contributed by atoms with E-state index in [0.717, 1.165) is 58.2 Å². The van der Waals surface area contributed by atoms with Crippen molar-refractivity contribution in [1.82, 2.24) is 10.2 Å². The molecule has 2 aromatic carbocycles. The minimum absolute atomic E-state index is 0.0540. The van der Waals surface area contributed by atoms with Crippen LogP contribution in [0.25, 0.3) is 11.1 Å². The van der Waals surface area contributed by atoms with Crippen LogP contribution < -0.4 is 5.32 Å². The average molecular weight is 419 g/mol. The molecule has 2 aromatic rings. The van der Waals surface area contributed by atoms with Crippen LogP contribution in [0.1, 0.15) is 61.8 Å². The standard InChI is InChI=1S/C27H34N2O2/c1-2-4-19-7-9-20(10-8-19)22-11-12-24-23(17-22)5-3-6-25(24)28-27(30)31-26-18-29-15-13-21(26)14-16-29/h7-12,17,21,25-26H,2-6,13-16,18H2,1H3,(H,28,30)/t25?,26-/m1/s1. The van der Waals surface area contributed by atoms with Crippen LogP contribution in [0, 0.1) is 5.92 Å². The SMILES string of the molecule is CCCc1ccc(-c2ccc3c(c2)CCCC3NC(=O)O[C@@H]2CN3CCC2CC3)cc1. The fraction of sp³-hybridized carbons (Fsp3) is 0.519. The summed E-state index contributed by atoms with van der Waals surface area (Å²) in [6, 6.07) is 15.7. The number of carbonyl (C=O) groups excluding carboxylic acids is 1. The number of rotatable bonds is 5. The molecule has 2 bridgehead atoms. The number of alkyl carbamates (subject to hydrolysis) is 1. The van der Waals surface area contributed by atoms with E-state index < -0.39 is 0 Å². The van der Waals surface area contributed by atoms with E-state index in [1.165, 1.54) is 34.2 Å². The van der Waals surface area contributed by atoms with Gasteiger partial charge in [0.2, 0.25) is 0 Å². The molecule has 4 nitrogen and oxygen atoms in total. The van der Waals surface area contributed by atoms with Crippen molar-refractivity contribution < 1.29 is 9.53 Å². The summed E-state index contributed by atoms with van der Waals surface area (Å²) in [6.07, 6.45) is 7.59. The quantitative estimate of drug-likeness (QED) is 0.697. The maximum absolute atomic E-state index is 12.7. The molecule has 0 radical (unpaired) electrons. The summed E-state index contributed by atoms with van der Waals surface area (Å²) in [5, 5.41) is 3.18. The van der Waals surface area contributed by atoms with Gasteiger partial charge in [0.05, 0.1) is 6.04 Å². The van der Waals surface area contributed by atoms with Crippen molar-refractivity contribution in [1.29, 1.82) is 0 Å². The summed E-state index contributed by atoms with van der Waals surface area (Å²) in [4.78, 5) is 15.1. The third kappa shape index (κ3) is 4.50. The highest BCUT2D eigenvalue weighted by Crippen LogP contribution is 2.34. The van der Waals surface area contributed by atoms with Gasteiger partial charge in [-0.25, -0.2) is 4.79 Å². The Morgan fingerprint density at radius 3 is 2.55 bits per heavy atom. The molecule has 3 fully saturated rings. The normalized spacial score (nSPS) is 26.9. The molecule has 3 saturated heterocycles. The molecule has 0 saturated carbocycles. The zero-order chi connectivity index (χ0) is 21.2. The van der Waals surface area contributed by atoms with Crippen LogP contribution in [-0.2, 0) is 17.6 Å². The molecule has 6 rings (SSSR count). The Labute approximate surface area is 186 Å². The van der Waals surface area contributed by atoms with Crippen LogP contribution in [0.5, 0.6) is 0 Å². The van der Waals surface area contributed by atoms with E-state index in [9.17, 15) is 4.79 Å². The van der Waals surface area contributed by atoms with Crippen molar-refractivity contribution in [3.8, 4) is 11.1 Å². The van der Waals surface area contributed by atoms with Gasteiger partial charge >= 0.3 is 6.09 Å². The van der Waals surface area contributed by atoms with Gasteiger partial charge in [-0.2, -0.15) is 0 Å². The zero-order valence-corrected chi connectivity index (χ0v) is 18.6. The number of nitrogens with zero attached hydrogens (tertiary/aromatic N) is 1. The zero-order valence-electron chi connectivity index (χ0n) is 18.6. The third-order valence-corrected chi connectivity index (χ3v) is 7.43. The van der Waals surface area contributed by atoms with Gasteiger partial charge in [-0.3, -0.25) is 4.90 Å². The molecule has 0 spiro atoms. The van der Waals surface area contributed by atoms with Crippen LogP contribution in [0.2, 0.25) is 0 Å². The minimum atomic E-state index is -0.243. The van der Waals surface area contributed by atoms with Crippen LogP contribution in [-0.4, -0.2) is 36.7 Å². The lowest BCUT2D eigenvalue weighted by atomic mass is 9.85. The van der Waals surface area contributed by atoms with Gasteiger partial charge in [-0.05, 0) is 85.3 Å². The molecular weight excluding hydrogens is 384 g/mol. The van der Waals surface area contributed by atoms with Crippen LogP contribution in [0.15, 0.2) is 42.5 Å². The van der Waals surface area contributed by atoms with E-state index in [4.69, 9.17) is 4.74 Å². The molecule has 0 aromatic heterocycles. The Bertz CT molecular complexity index is 915. The summed E-state index contributed by atoms with van der Waals surface area (Å²) in [7, 11) is 0. The van der Waals surface area contributed by atoms with Crippen LogP contribution in [0.3, 0.4) is 0 Å². The van der Waals surface area contributed by atoms with Gasteiger partial charge in [-0.1, -0.05) is 55.8 Å². The van der Waals surface area contributed by atoms with Crippen molar-refractivity contribution in [2.75, 3.05) is 19.6 Å². The van der Waals surface area contributed by atoms with Gasteiger partial charge in [-0.15, -0.1) is 0 Å². The topological polar surface area (TPSA) is 41.6 Å². The first-order valence-corrected chi connectivity index (χ1v) is 12.1. The number of nitrogens with one attached hydrogen (secondary N) is 1. The Morgan fingerprint density at radius 2 is 1.84 bits per heavy atom. The lowest BCUT2D eigenvalue weighted by Gasteiger charge is -2.44. The maximum Gasteiger partial charge on any atom is 0.407 e. The summed E-state index contributed by atoms with van der Waals surface area (Å²) in [5.74, 6) is 0.542. The highest BCUT2D eigenvalue weighted by molar-refractivity contribution is 5.69. The number of aryl methyl sites for hydroxylation is 2. The molecule has 3 aliphatic heterocycles. The first-order chi connectivity index (χ1) is 15.2. The van der Waals surface area contributed by atoms with E-state index in [1.54, 1.807) is 0 Å². The number of hydrogen-bond donors (Lipinski definition) is 1. The number of amides is 1. The summed E-state index contributed by atoms with van der Waals surface area (Å²) in [6.45, 7) is 5.44. The number of fused-ring (bicyclic) bond motifs is 4. The number of benzene rings is 2. The molecule has 1 N–H and O–H groups in total. The molecule has 4 heteroatoms. The van der Waals surface area contributed by atoms with Gasteiger partial charge in [0, 0.05) is 6.54 Å². The lowest BCUT2D eigenvalue weighted by Crippen LogP contribution is -2.52. The van der Waals surface area contributed by atoms with E-state index in [1.807, 2.05) is 0 Å². The second-order valence-electron chi connectivity index (χ2n) is 9.53. The van der Waals surface area contributed by atoms with E-state index in [2.05, 4.69) is 59.6 Å². The molecule has 31 heavy (non-hydrogen) atoms. The molecule has 1 amide bonds. The van der Waals surface area contributed by atoms with Gasteiger partial charge in [0.1, 0.15) is 6.10 Å². The number of carbonyl (C=O) groups is 1. The molecule has 4 aliphatic rings. The van der Waals surface area contributed by atoms with Crippen molar-refractivity contribution >= 4 is 6.09 Å². The highest BCUT2D eigenvalue weighted by atomic mass is 16.6. The predicted molar refractivity (Wildman–Crippen MR) is 124 cm³/mol. The average Bonchev–Trinajstić information content (AvgIpc) is 2.80. The third-order valence-electron chi connectivity index (χ3n) is 7.43. The second-order valence-corrected chi connectivity index (χ2v) is 9.53. The molecule has 2 atom stereocenters. The monoisotopic (exact) mass is 418 g/mol. The Kier molecular flexibility index (Phi) is 5.99. The first-order valence-electron chi connectivity index (χ1n) is 12.1. The number of ether oxygens (including phenoxy) is 1. The Balaban J connectivity index is 1.26. The molecule has 164 valence electrons. The summed E-state index contributed by atoms with van der Waals surface area (Å²) >= 11 is 0. The number of piperidine rings is 3. The largest absolute Gasteiger partial charge is 0.445 e. The smallest absolute Gasteiger partial charge is 0.407 e. The van der Waals surface area contributed by atoms with E-state index in [0.29, 0.717) is 5.92 Å². The predicted octanol–water partition coefficient (Wildman–Crippen LogP) is 5.50. The fourth-order valence-electron chi connectivity index (χ4n) is 5.65. The van der Waals surface area contributed by atoms with Crippen molar-refractivity contribution in [2.45, 2.75) is 64.0 Å². The van der Waals surface area contributed by atoms with E-state index in [-0.39, 0.29) is 18.2 Å². The second kappa shape index (κ2) is 9.04.